The van der Waals surface area contributed by atoms with Gasteiger partial charge >= 0.3 is 0 Å². The Morgan fingerprint density at radius 3 is 2.67 bits per heavy atom. The second-order valence-electron chi connectivity index (χ2n) is 3.73. The van der Waals surface area contributed by atoms with Gasteiger partial charge in [-0.2, -0.15) is 0 Å². The molecule has 3 heteroatoms. The molecule has 0 spiro atoms. The quantitative estimate of drug-likeness (QED) is 0.713. The average molecular weight is 227 g/mol. The minimum absolute atomic E-state index is 0.602. The van der Waals surface area contributed by atoms with Gasteiger partial charge in [0.25, 0.3) is 0 Å². The van der Waals surface area contributed by atoms with Crippen LogP contribution in [0.4, 0.5) is 5.69 Å². The molecule has 1 aromatic rings. The van der Waals surface area contributed by atoms with Crippen LogP contribution < -0.4 is 4.90 Å². The van der Waals surface area contributed by atoms with Crippen molar-refractivity contribution >= 4 is 17.3 Å². The summed E-state index contributed by atoms with van der Waals surface area (Å²) in [4.78, 5) is 6.51. The Morgan fingerprint density at radius 1 is 1.40 bits per heavy atom. The predicted octanol–water partition coefficient (Wildman–Crippen LogP) is 3.67. The van der Waals surface area contributed by atoms with Crippen LogP contribution in [0.5, 0.6) is 0 Å². The zero-order valence-electron chi connectivity index (χ0n) is 9.76. The van der Waals surface area contributed by atoms with Crippen molar-refractivity contribution < 1.29 is 0 Å². The van der Waals surface area contributed by atoms with E-state index in [0.717, 1.165) is 18.7 Å². The van der Waals surface area contributed by atoms with Crippen molar-refractivity contribution in [3.8, 4) is 0 Å². The van der Waals surface area contributed by atoms with Gasteiger partial charge in [0.05, 0.1) is 11.9 Å². The monoisotopic (exact) mass is 226 g/mol. The molecule has 0 fully saturated rings. The second kappa shape index (κ2) is 5.96. The first-order valence-corrected chi connectivity index (χ1v) is 5.94. The first-order chi connectivity index (χ1) is 7.19. The first-order valence-electron chi connectivity index (χ1n) is 5.56. The van der Waals surface area contributed by atoms with Gasteiger partial charge in [0.1, 0.15) is 5.15 Å². The number of aryl methyl sites for hydroxylation is 1. The predicted molar refractivity (Wildman–Crippen MR) is 66.8 cm³/mol. The van der Waals surface area contributed by atoms with Crippen molar-refractivity contribution in [2.24, 2.45) is 0 Å². The highest BCUT2D eigenvalue weighted by Gasteiger charge is 2.05. The normalized spacial score (nSPS) is 10.4. The fourth-order valence-electron chi connectivity index (χ4n) is 1.53. The lowest BCUT2D eigenvalue weighted by Gasteiger charge is -2.22. The summed E-state index contributed by atoms with van der Waals surface area (Å²) < 4.78 is 0. The van der Waals surface area contributed by atoms with Crippen LogP contribution in [0, 0.1) is 6.92 Å². The number of nitrogens with zero attached hydrogens (tertiary/aromatic N) is 2. The number of hydrogen-bond donors (Lipinski definition) is 0. The van der Waals surface area contributed by atoms with Gasteiger partial charge in [0.2, 0.25) is 0 Å². The van der Waals surface area contributed by atoms with Crippen molar-refractivity contribution in [2.75, 3.05) is 18.0 Å². The summed E-state index contributed by atoms with van der Waals surface area (Å²) in [6.45, 7) is 8.48. The number of aromatic nitrogens is 1. The van der Waals surface area contributed by atoms with E-state index < -0.39 is 0 Å². The molecule has 1 rings (SSSR count). The summed E-state index contributed by atoms with van der Waals surface area (Å²) >= 11 is 5.90. The fraction of sp³-hybridized carbons (Fsp3) is 0.583. The summed E-state index contributed by atoms with van der Waals surface area (Å²) in [6, 6.07) is 2.11. The van der Waals surface area contributed by atoms with Crippen molar-refractivity contribution in [2.45, 2.75) is 33.6 Å². The lowest BCUT2D eigenvalue weighted by Crippen LogP contribution is -2.24. The summed E-state index contributed by atoms with van der Waals surface area (Å²) in [6.07, 6.45) is 4.29. The Balaban J connectivity index is 2.78. The highest BCUT2D eigenvalue weighted by Crippen LogP contribution is 2.19. The SMILES string of the molecule is CCCCN(CC)c1cnc(Cl)c(C)c1. The lowest BCUT2D eigenvalue weighted by atomic mass is 10.2. The Bertz CT molecular complexity index is 312. The number of halogens is 1. The van der Waals surface area contributed by atoms with Crippen LogP contribution in [0.2, 0.25) is 5.15 Å². The zero-order valence-corrected chi connectivity index (χ0v) is 10.5. The minimum Gasteiger partial charge on any atom is -0.371 e. The number of anilines is 1. The average Bonchev–Trinajstić information content (AvgIpc) is 2.24. The van der Waals surface area contributed by atoms with E-state index in [2.05, 4.69) is 29.8 Å². The van der Waals surface area contributed by atoms with Crippen LogP contribution in [0.25, 0.3) is 0 Å². The van der Waals surface area contributed by atoms with Crippen molar-refractivity contribution in [3.05, 3.63) is 23.0 Å². The smallest absolute Gasteiger partial charge is 0.132 e. The molecule has 0 saturated heterocycles. The maximum atomic E-state index is 5.90. The van der Waals surface area contributed by atoms with Gasteiger partial charge in [-0.1, -0.05) is 24.9 Å². The van der Waals surface area contributed by atoms with Crippen molar-refractivity contribution in [1.29, 1.82) is 0 Å². The molecule has 0 atom stereocenters. The highest BCUT2D eigenvalue weighted by molar-refractivity contribution is 6.30. The van der Waals surface area contributed by atoms with E-state index in [1.165, 1.54) is 18.5 Å². The molecule has 1 aromatic heterocycles. The van der Waals surface area contributed by atoms with E-state index in [1.807, 2.05) is 13.1 Å². The van der Waals surface area contributed by atoms with Crippen LogP contribution in [0.3, 0.4) is 0 Å². The molecule has 0 amide bonds. The number of hydrogen-bond acceptors (Lipinski definition) is 2. The molecule has 15 heavy (non-hydrogen) atoms. The molecular formula is C12H19ClN2. The van der Waals surface area contributed by atoms with Crippen LogP contribution in [-0.2, 0) is 0 Å². The molecule has 0 N–H and O–H groups in total. The van der Waals surface area contributed by atoms with Gasteiger partial charge in [-0.3, -0.25) is 0 Å². The maximum absolute atomic E-state index is 5.90. The molecule has 0 radical (unpaired) electrons. The summed E-state index contributed by atoms with van der Waals surface area (Å²) in [5.74, 6) is 0. The lowest BCUT2D eigenvalue weighted by molar-refractivity contribution is 0.730. The molecule has 0 saturated carbocycles. The molecule has 0 aliphatic carbocycles. The molecule has 1 heterocycles. The number of rotatable bonds is 5. The Morgan fingerprint density at radius 2 is 2.13 bits per heavy atom. The van der Waals surface area contributed by atoms with Crippen LogP contribution in [0.15, 0.2) is 12.3 Å². The number of pyridine rings is 1. The maximum Gasteiger partial charge on any atom is 0.132 e. The van der Waals surface area contributed by atoms with E-state index in [4.69, 9.17) is 11.6 Å². The van der Waals surface area contributed by atoms with E-state index >= 15 is 0 Å². The topological polar surface area (TPSA) is 16.1 Å². The Kier molecular flexibility index (Phi) is 4.89. The zero-order chi connectivity index (χ0) is 11.3. The van der Waals surface area contributed by atoms with E-state index in [1.54, 1.807) is 0 Å². The molecule has 2 nitrogen and oxygen atoms in total. The van der Waals surface area contributed by atoms with Crippen molar-refractivity contribution in [1.82, 2.24) is 4.98 Å². The second-order valence-corrected chi connectivity index (χ2v) is 4.09. The van der Waals surface area contributed by atoms with Crippen LogP contribution in [0.1, 0.15) is 32.3 Å². The Hall–Kier alpha value is -0.760. The summed E-state index contributed by atoms with van der Waals surface area (Å²) in [5, 5.41) is 0.602. The molecule has 0 aliphatic rings. The first kappa shape index (κ1) is 12.3. The highest BCUT2D eigenvalue weighted by atomic mass is 35.5. The summed E-state index contributed by atoms with van der Waals surface area (Å²) in [5.41, 5.74) is 2.22. The summed E-state index contributed by atoms with van der Waals surface area (Å²) in [7, 11) is 0. The third-order valence-corrected chi connectivity index (χ3v) is 2.92. The van der Waals surface area contributed by atoms with E-state index in [0.29, 0.717) is 5.15 Å². The van der Waals surface area contributed by atoms with Crippen molar-refractivity contribution in [3.63, 3.8) is 0 Å². The van der Waals surface area contributed by atoms with Gasteiger partial charge in [-0.25, -0.2) is 4.98 Å². The van der Waals surface area contributed by atoms with Crippen LogP contribution in [-0.4, -0.2) is 18.1 Å². The van der Waals surface area contributed by atoms with Crippen LogP contribution >= 0.6 is 11.6 Å². The minimum atomic E-state index is 0.602. The largest absolute Gasteiger partial charge is 0.371 e. The number of unbranched alkanes of at least 4 members (excludes halogenated alkanes) is 1. The van der Waals surface area contributed by atoms with Gasteiger partial charge in [-0.15, -0.1) is 0 Å². The van der Waals surface area contributed by atoms with E-state index in [-0.39, 0.29) is 0 Å². The third-order valence-electron chi connectivity index (χ3n) is 2.53. The molecule has 0 aromatic carbocycles. The van der Waals surface area contributed by atoms with Gasteiger partial charge in [-0.05, 0) is 31.9 Å². The fourth-order valence-corrected chi connectivity index (χ4v) is 1.64. The van der Waals surface area contributed by atoms with Gasteiger partial charge < -0.3 is 4.90 Å². The molecule has 0 unspecified atom stereocenters. The molecular weight excluding hydrogens is 208 g/mol. The molecule has 84 valence electrons. The standard InChI is InChI=1S/C12H19ClN2/c1-4-6-7-15(5-2)11-8-10(3)12(13)14-9-11/h8-9H,4-7H2,1-3H3. The molecule has 0 aliphatic heterocycles. The third kappa shape index (κ3) is 3.38. The Labute approximate surface area is 97.3 Å². The van der Waals surface area contributed by atoms with E-state index in [9.17, 15) is 0 Å². The molecule has 0 bridgehead atoms. The van der Waals surface area contributed by atoms with Gasteiger partial charge in [0, 0.05) is 13.1 Å². The van der Waals surface area contributed by atoms with Gasteiger partial charge in [0.15, 0.2) is 0 Å².